The summed E-state index contributed by atoms with van der Waals surface area (Å²) in [5.74, 6) is -0.211. The van der Waals surface area contributed by atoms with E-state index >= 15 is 0 Å². The number of aryl methyl sites for hydroxylation is 3. The third-order valence-corrected chi connectivity index (χ3v) is 4.67. The lowest BCUT2D eigenvalue weighted by molar-refractivity contribution is 0.102. The first-order valence-electron chi connectivity index (χ1n) is 8.49. The predicted octanol–water partition coefficient (Wildman–Crippen LogP) is 4.28. The lowest BCUT2D eigenvalue weighted by Crippen LogP contribution is -2.15. The fraction of sp³-hybridized carbons (Fsp3) is 0.150. The Labute approximate surface area is 161 Å². The maximum absolute atomic E-state index is 13.1. The highest BCUT2D eigenvalue weighted by atomic mass is 35.5. The number of anilines is 1. The summed E-state index contributed by atoms with van der Waals surface area (Å²) in [4.78, 5) is 17.6. The highest BCUT2D eigenvalue weighted by molar-refractivity contribution is 6.31. The standard InChI is InChI=1S/C20H18ClN5O/c1-12-10-15(18-13(2)24-25(3)19(18)22-12)20(27)23-16-7-6-14(21)11-17(16)26-8-4-5-9-26/h4-11H,1-3H3,(H,23,27). The Balaban J connectivity index is 1.80. The normalized spacial score (nSPS) is 11.1. The minimum Gasteiger partial charge on any atom is -0.322 e. The van der Waals surface area contributed by atoms with Crippen LogP contribution in [0.15, 0.2) is 48.8 Å². The lowest BCUT2D eigenvalue weighted by atomic mass is 10.1. The molecule has 4 rings (SSSR count). The van der Waals surface area contributed by atoms with Gasteiger partial charge in [0, 0.05) is 30.2 Å². The summed E-state index contributed by atoms with van der Waals surface area (Å²) < 4.78 is 3.60. The molecule has 0 saturated carbocycles. The fourth-order valence-electron chi connectivity index (χ4n) is 3.26. The highest BCUT2D eigenvalue weighted by Crippen LogP contribution is 2.27. The largest absolute Gasteiger partial charge is 0.322 e. The zero-order valence-corrected chi connectivity index (χ0v) is 15.9. The second kappa shape index (κ2) is 6.55. The molecule has 0 fully saturated rings. The van der Waals surface area contributed by atoms with Gasteiger partial charge in [-0.25, -0.2) is 4.98 Å². The van der Waals surface area contributed by atoms with Gasteiger partial charge in [0.2, 0.25) is 0 Å². The number of amides is 1. The molecule has 0 radical (unpaired) electrons. The number of fused-ring (bicyclic) bond motifs is 1. The zero-order chi connectivity index (χ0) is 19.1. The Bertz CT molecular complexity index is 1160. The Morgan fingerprint density at radius 2 is 1.89 bits per heavy atom. The quantitative estimate of drug-likeness (QED) is 0.577. The van der Waals surface area contributed by atoms with Crippen LogP contribution in [0.4, 0.5) is 5.69 Å². The van der Waals surface area contributed by atoms with E-state index in [1.54, 1.807) is 22.9 Å². The number of carbonyl (C=O) groups excluding carboxylic acids is 1. The first-order valence-corrected chi connectivity index (χ1v) is 8.87. The van der Waals surface area contributed by atoms with Crippen LogP contribution in [0.3, 0.4) is 0 Å². The SMILES string of the molecule is Cc1cc(C(=O)Nc2ccc(Cl)cc2-n2cccc2)c2c(C)nn(C)c2n1. The topological polar surface area (TPSA) is 64.7 Å². The molecule has 6 nitrogen and oxygen atoms in total. The summed E-state index contributed by atoms with van der Waals surface area (Å²) >= 11 is 6.16. The van der Waals surface area contributed by atoms with E-state index < -0.39 is 0 Å². The van der Waals surface area contributed by atoms with E-state index in [4.69, 9.17) is 11.6 Å². The molecule has 0 atom stereocenters. The zero-order valence-electron chi connectivity index (χ0n) is 15.2. The van der Waals surface area contributed by atoms with Crippen molar-refractivity contribution in [2.75, 3.05) is 5.32 Å². The monoisotopic (exact) mass is 379 g/mol. The second-order valence-electron chi connectivity index (χ2n) is 6.42. The number of halogens is 1. The molecule has 0 aliphatic carbocycles. The van der Waals surface area contributed by atoms with Gasteiger partial charge in [-0.2, -0.15) is 5.10 Å². The van der Waals surface area contributed by atoms with Crippen LogP contribution in [0.2, 0.25) is 5.02 Å². The van der Waals surface area contributed by atoms with Crippen molar-refractivity contribution in [2.45, 2.75) is 13.8 Å². The number of aromatic nitrogens is 4. The van der Waals surface area contributed by atoms with Crippen molar-refractivity contribution in [3.8, 4) is 5.69 Å². The van der Waals surface area contributed by atoms with Gasteiger partial charge in [0.15, 0.2) is 5.65 Å². The molecule has 4 aromatic rings. The first kappa shape index (κ1) is 17.3. The Morgan fingerprint density at radius 1 is 1.15 bits per heavy atom. The van der Waals surface area contributed by atoms with Crippen LogP contribution in [0, 0.1) is 13.8 Å². The van der Waals surface area contributed by atoms with Gasteiger partial charge in [0.05, 0.1) is 28.0 Å². The van der Waals surface area contributed by atoms with Gasteiger partial charge >= 0.3 is 0 Å². The van der Waals surface area contributed by atoms with E-state index in [1.165, 1.54) is 0 Å². The van der Waals surface area contributed by atoms with Crippen LogP contribution in [-0.2, 0) is 7.05 Å². The van der Waals surface area contributed by atoms with E-state index in [0.29, 0.717) is 21.9 Å². The van der Waals surface area contributed by atoms with Gasteiger partial charge in [-0.3, -0.25) is 9.48 Å². The van der Waals surface area contributed by atoms with E-state index in [0.717, 1.165) is 22.5 Å². The summed E-state index contributed by atoms with van der Waals surface area (Å²) in [5, 5.41) is 8.78. The third-order valence-electron chi connectivity index (χ3n) is 4.43. The number of nitrogens with zero attached hydrogens (tertiary/aromatic N) is 4. The molecule has 1 amide bonds. The van der Waals surface area contributed by atoms with E-state index in [1.807, 2.05) is 56.1 Å². The van der Waals surface area contributed by atoms with Crippen LogP contribution in [-0.4, -0.2) is 25.2 Å². The summed E-state index contributed by atoms with van der Waals surface area (Å²) in [7, 11) is 1.83. The number of benzene rings is 1. The summed E-state index contributed by atoms with van der Waals surface area (Å²) in [6, 6.07) is 11.0. The summed E-state index contributed by atoms with van der Waals surface area (Å²) in [5.41, 5.74) is 4.25. The average Bonchev–Trinajstić information content (AvgIpc) is 3.25. The van der Waals surface area contributed by atoms with Crippen molar-refractivity contribution in [3.63, 3.8) is 0 Å². The van der Waals surface area contributed by atoms with Gasteiger partial charge in [-0.1, -0.05) is 11.6 Å². The van der Waals surface area contributed by atoms with Crippen molar-refractivity contribution in [1.29, 1.82) is 0 Å². The fourth-order valence-corrected chi connectivity index (χ4v) is 3.42. The smallest absolute Gasteiger partial charge is 0.256 e. The molecule has 0 aliphatic heterocycles. The second-order valence-corrected chi connectivity index (χ2v) is 6.86. The summed E-state index contributed by atoms with van der Waals surface area (Å²) in [6.45, 7) is 3.75. The number of hydrogen-bond acceptors (Lipinski definition) is 3. The van der Waals surface area contributed by atoms with Crippen LogP contribution in [0.1, 0.15) is 21.7 Å². The number of nitrogens with one attached hydrogen (secondary N) is 1. The Kier molecular flexibility index (Phi) is 4.20. The maximum Gasteiger partial charge on any atom is 0.256 e. The molecule has 3 heterocycles. The molecule has 0 spiro atoms. The first-order chi connectivity index (χ1) is 12.9. The molecular formula is C20H18ClN5O. The minimum atomic E-state index is -0.211. The number of carbonyl (C=O) groups is 1. The maximum atomic E-state index is 13.1. The van der Waals surface area contributed by atoms with Gasteiger partial charge < -0.3 is 9.88 Å². The molecule has 0 unspecified atom stereocenters. The lowest BCUT2D eigenvalue weighted by Gasteiger charge is -2.13. The van der Waals surface area contributed by atoms with Gasteiger partial charge in [-0.05, 0) is 50.2 Å². The Morgan fingerprint density at radius 3 is 2.63 bits per heavy atom. The van der Waals surface area contributed by atoms with Gasteiger partial charge in [0.25, 0.3) is 5.91 Å². The van der Waals surface area contributed by atoms with Gasteiger partial charge in [-0.15, -0.1) is 0 Å². The minimum absolute atomic E-state index is 0.211. The summed E-state index contributed by atoms with van der Waals surface area (Å²) in [6.07, 6.45) is 3.81. The van der Waals surface area contributed by atoms with Crippen molar-refractivity contribution in [2.24, 2.45) is 7.05 Å². The molecule has 7 heteroatoms. The van der Waals surface area contributed by atoms with E-state index in [-0.39, 0.29) is 5.91 Å². The van der Waals surface area contributed by atoms with Crippen molar-refractivity contribution in [1.82, 2.24) is 19.3 Å². The van der Waals surface area contributed by atoms with E-state index in [2.05, 4.69) is 15.4 Å². The van der Waals surface area contributed by atoms with Crippen LogP contribution in [0.25, 0.3) is 16.7 Å². The molecule has 0 aliphatic rings. The number of hydrogen-bond donors (Lipinski definition) is 1. The molecule has 0 saturated heterocycles. The van der Waals surface area contributed by atoms with Crippen molar-refractivity contribution >= 4 is 34.2 Å². The Hall–Kier alpha value is -3.12. The molecule has 1 N–H and O–H groups in total. The molecule has 0 bridgehead atoms. The molecule has 27 heavy (non-hydrogen) atoms. The van der Waals surface area contributed by atoms with Crippen LogP contribution in [0.5, 0.6) is 0 Å². The van der Waals surface area contributed by atoms with Crippen molar-refractivity contribution < 1.29 is 4.79 Å². The van der Waals surface area contributed by atoms with Gasteiger partial charge in [0.1, 0.15) is 0 Å². The van der Waals surface area contributed by atoms with Crippen LogP contribution < -0.4 is 5.32 Å². The third kappa shape index (κ3) is 3.08. The van der Waals surface area contributed by atoms with Crippen LogP contribution >= 0.6 is 11.6 Å². The average molecular weight is 380 g/mol. The number of rotatable bonds is 3. The molecular weight excluding hydrogens is 362 g/mol. The molecule has 136 valence electrons. The molecule has 3 aromatic heterocycles. The highest BCUT2D eigenvalue weighted by Gasteiger charge is 2.19. The molecule has 1 aromatic carbocycles. The predicted molar refractivity (Wildman–Crippen MR) is 107 cm³/mol. The number of pyridine rings is 1. The van der Waals surface area contributed by atoms with E-state index in [9.17, 15) is 4.79 Å². The van der Waals surface area contributed by atoms with Crippen molar-refractivity contribution in [3.05, 3.63) is 70.8 Å².